The van der Waals surface area contributed by atoms with Gasteiger partial charge in [-0.05, 0) is 26.2 Å². The molecule has 0 saturated carbocycles. The smallest absolute Gasteiger partial charge is 0.213 e. The van der Waals surface area contributed by atoms with Crippen molar-refractivity contribution in [3.05, 3.63) is 0 Å². The van der Waals surface area contributed by atoms with Crippen molar-refractivity contribution in [3.8, 4) is 0 Å². The summed E-state index contributed by atoms with van der Waals surface area (Å²) in [5.41, 5.74) is 5.80. The summed E-state index contributed by atoms with van der Waals surface area (Å²) in [6.07, 6.45) is 0.860. The molecule has 0 aromatic rings. The van der Waals surface area contributed by atoms with Crippen LogP contribution < -0.4 is 10.5 Å². The van der Waals surface area contributed by atoms with E-state index >= 15 is 0 Å². The maximum atomic E-state index is 11.6. The van der Waals surface area contributed by atoms with E-state index in [0.717, 1.165) is 6.42 Å². The van der Waals surface area contributed by atoms with Crippen molar-refractivity contribution >= 4 is 10.0 Å². The van der Waals surface area contributed by atoms with E-state index in [-0.39, 0.29) is 24.5 Å². The lowest BCUT2D eigenvalue weighted by Gasteiger charge is -2.15. The van der Waals surface area contributed by atoms with Crippen LogP contribution in [0, 0.1) is 5.92 Å². The average molecular weight is 266 g/mol. The fourth-order valence-corrected chi connectivity index (χ4v) is 2.32. The molecule has 0 spiro atoms. The summed E-state index contributed by atoms with van der Waals surface area (Å²) in [6.45, 7) is 8.38. The number of rotatable bonds is 9. The molecule has 104 valence electrons. The van der Waals surface area contributed by atoms with Crippen molar-refractivity contribution in [2.45, 2.75) is 46.3 Å². The van der Waals surface area contributed by atoms with Crippen LogP contribution in [0.3, 0.4) is 0 Å². The summed E-state index contributed by atoms with van der Waals surface area (Å²) in [6, 6.07) is -0.129. The zero-order valence-electron chi connectivity index (χ0n) is 11.3. The van der Waals surface area contributed by atoms with Gasteiger partial charge in [-0.15, -0.1) is 0 Å². The normalized spacial score (nSPS) is 14.5. The molecule has 0 aromatic carbocycles. The molecule has 1 atom stereocenters. The van der Waals surface area contributed by atoms with E-state index in [1.165, 1.54) is 0 Å². The molecule has 0 aliphatic rings. The first-order valence-corrected chi connectivity index (χ1v) is 7.72. The molecular weight excluding hydrogens is 240 g/mol. The van der Waals surface area contributed by atoms with E-state index < -0.39 is 10.0 Å². The van der Waals surface area contributed by atoms with Gasteiger partial charge >= 0.3 is 0 Å². The van der Waals surface area contributed by atoms with Gasteiger partial charge < -0.3 is 10.5 Å². The van der Waals surface area contributed by atoms with Crippen LogP contribution in [0.4, 0.5) is 0 Å². The van der Waals surface area contributed by atoms with Crippen LogP contribution >= 0.6 is 0 Å². The minimum absolute atomic E-state index is 0.0143. The second-order valence-corrected chi connectivity index (χ2v) is 6.90. The first-order chi connectivity index (χ1) is 7.73. The van der Waals surface area contributed by atoms with Gasteiger partial charge in [0.2, 0.25) is 10.0 Å². The minimum atomic E-state index is -3.26. The first-order valence-electron chi connectivity index (χ1n) is 6.07. The van der Waals surface area contributed by atoms with Crippen LogP contribution in [0.5, 0.6) is 0 Å². The Morgan fingerprint density at radius 2 is 1.82 bits per heavy atom. The summed E-state index contributed by atoms with van der Waals surface area (Å²) >= 11 is 0. The largest absolute Gasteiger partial charge is 0.378 e. The highest BCUT2D eigenvalue weighted by molar-refractivity contribution is 7.89. The van der Waals surface area contributed by atoms with Gasteiger partial charge in [0.1, 0.15) is 0 Å². The molecule has 0 fully saturated rings. The fourth-order valence-electron chi connectivity index (χ4n) is 1.39. The monoisotopic (exact) mass is 266 g/mol. The fraction of sp³-hybridized carbons (Fsp3) is 1.00. The third kappa shape index (κ3) is 10.7. The molecule has 0 radical (unpaired) electrons. The molecule has 0 aliphatic heterocycles. The Morgan fingerprint density at radius 1 is 1.24 bits per heavy atom. The molecule has 0 aliphatic carbocycles. The molecule has 0 bridgehead atoms. The summed E-state index contributed by atoms with van der Waals surface area (Å²) in [4.78, 5) is 0. The quantitative estimate of drug-likeness (QED) is 0.644. The summed E-state index contributed by atoms with van der Waals surface area (Å²) < 4.78 is 30.8. The van der Waals surface area contributed by atoms with Gasteiger partial charge in [0.15, 0.2) is 0 Å². The van der Waals surface area contributed by atoms with Crippen molar-refractivity contribution in [2.24, 2.45) is 11.7 Å². The lowest BCUT2D eigenvalue weighted by molar-refractivity contribution is 0.0911. The van der Waals surface area contributed by atoms with Gasteiger partial charge in [-0.1, -0.05) is 13.8 Å². The number of sulfonamides is 1. The van der Waals surface area contributed by atoms with E-state index in [1.54, 1.807) is 0 Å². The van der Waals surface area contributed by atoms with Gasteiger partial charge in [0, 0.05) is 12.6 Å². The average Bonchev–Trinajstić information content (AvgIpc) is 2.13. The number of ether oxygens (including phenoxy) is 1. The van der Waals surface area contributed by atoms with Crippen molar-refractivity contribution in [1.82, 2.24) is 4.72 Å². The van der Waals surface area contributed by atoms with E-state index in [9.17, 15) is 8.42 Å². The number of nitrogens with one attached hydrogen (secondary N) is 1. The maximum Gasteiger partial charge on any atom is 0.213 e. The first kappa shape index (κ1) is 16.8. The Morgan fingerprint density at radius 3 is 2.29 bits per heavy atom. The molecule has 3 N–H and O–H groups in total. The van der Waals surface area contributed by atoms with Gasteiger partial charge in [0.25, 0.3) is 0 Å². The molecule has 0 rings (SSSR count). The lowest BCUT2D eigenvalue weighted by Crippen LogP contribution is -2.39. The molecule has 5 nitrogen and oxygen atoms in total. The topological polar surface area (TPSA) is 81.4 Å². The van der Waals surface area contributed by atoms with Crippen LogP contribution in [0.2, 0.25) is 0 Å². The Hall–Kier alpha value is -0.170. The highest BCUT2D eigenvalue weighted by atomic mass is 32.2. The van der Waals surface area contributed by atoms with Gasteiger partial charge in [-0.25, -0.2) is 13.1 Å². The number of hydrogen-bond donors (Lipinski definition) is 2. The van der Waals surface area contributed by atoms with Gasteiger partial charge in [-0.2, -0.15) is 0 Å². The van der Waals surface area contributed by atoms with E-state index in [1.807, 2.05) is 13.8 Å². The Bertz CT molecular complexity index is 289. The summed E-state index contributed by atoms with van der Waals surface area (Å²) in [5.74, 6) is 0.457. The van der Waals surface area contributed by atoms with Crippen LogP contribution in [-0.2, 0) is 14.8 Å². The Labute approximate surface area is 105 Å². The highest BCUT2D eigenvalue weighted by Crippen LogP contribution is 2.02. The van der Waals surface area contributed by atoms with Crippen molar-refractivity contribution in [1.29, 1.82) is 0 Å². The van der Waals surface area contributed by atoms with Crippen LogP contribution in [-0.4, -0.2) is 39.5 Å². The zero-order valence-corrected chi connectivity index (χ0v) is 12.1. The third-order valence-corrected chi connectivity index (χ3v) is 3.45. The maximum absolute atomic E-state index is 11.6. The molecular formula is C11H26N2O3S. The zero-order chi connectivity index (χ0) is 13.5. The SMILES string of the molecule is CC(C)CC(N)CNS(=O)(=O)CCOC(C)C. The molecule has 0 heterocycles. The van der Waals surface area contributed by atoms with Crippen molar-refractivity contribution in [3.63, 3.8) is 0 Å². The standard InChI is InChI=1S/C11H26N2O3S/c1-9(2)7-11(12)8-13-17(14,15)6-5-16-10(3)4/h9-11,13H,5-8,12H2,1-4H3. The Balaban J connectivity index is 3.85. The molecule has 0 amide bonds. The summed E-state index contributed by atoms with van der Waals surface area (Å²) in [7, 11) is -3.26. The Kier molecular flexibility index (Phi) is 7.94. The molecule has 0 saturated heterocycles. The molecule has 0 aromatic heterocycles. The van der Waals surface area contributed by atoms with Crippen LogP contribution in [0.1, 0.15) is 34.1 Å². The predicted octanol–water partition coefficient (Wildman–Crippen LogP) is 0.704. The van der Waals surface area contributed by atoms with Gasteiger partial charge in [-0.3, -0.25) is 0 Å². The second-order valence-electron chi connectivity index (χ2n) is 4.98. The van der Waals surface area contributed by atoms with E-state index in [2.05, 4.69) is 18.6 Å². The van der Waals surface area contributed by atoms with E-state index in [0.29, 0.717) is 12.5 Å². The van der Waals surface area contributed by atoms with Crippen LogP contribution in [0.25, 0.3) is 0 Å². The number of hydrogen-bond acceptors (Lipinski definition) is 4. The van der Waals surface area contributed by atoms with Crippen molar-refractivity contribution < 1.29 is 13.2 Å². The summed E-state index contributed by atoms with van der Waals surface area (Å²) in [5, 5.41) is 0. The highest BCUT2D eigenvalue weighted by Gasteiger charge is 2.13. The van der Waals surface area contributed by atoms with Crippen LogP contribution in [0.15, 0.2) is 0 Å². The third-order valence-electron chi connectivity index (χ3n) is 2.14. The minimum Gasteiger partial charge on any atom is -0.378 e. The molecule has 17 heavy (non-hydrogen) atoms. The van der Waals surface area contributed by atoms with E-state index in [4.69, 9.17) is 10.5 Å². The number of nitrogens with two attached hydrogens (primary N) is 1. The van der Waals surface area contributed by atoms with Crippen molar-refractivity contribution in [2.75, 3.05) is 18.9 Å². The lowest BCUT2D eigenvalue weighted by atomic mass is 10.1. The molecule has 1 unspecified atom stereocenters. The molecule has 6 heteroatoms. The van der Waals surface area contributed by atoms with Gasteiger partial charge in [0.05, 0.1) is 18.5 Å². The second kappa shape index (κ2) is 8.02. The predicted molar refractivity (Wildman–Crippen MR) is 70.3 cm³/mol.